The van der Waals surface area contributed by atoms with Crippen molar-refractivity contribution in [1.29, 1.82) is 0 Å². The highest BCUT2D eigenvalue weighted by molar-refractivity contribution is 6.18. The van der Waals surface area contributed by atoms with Gasteiger partial charge in [-0.1, -0.05) is 0 Å². The summed E-state index contributed by atoms with van der Waals surface area (Å²) in [7, 11) is 1.64. The van der Waals surface area contributed by atoms with E-state index in [1.807, 2.05) is 28.9 Å². The van der Waals surface area contributed by atoms with Gasteiger partial charge in [0.2, 0.25) is 5.69 Å². The number of aromatic nitrogens is 3. The van der Waals surface area contributed by atoms with Crippen LogP contribution in [0.15, 0.2) is 36.9 Å². The maximum atomic E-state index is 5.36. The van der Waals surface area contributed by atoms with E-state index in [0.717, 1.165) is 11.4 Å². The van der Waals surface area contributed by atoms with E-state index in [-0.39, 0.29) is 0 Å². The molecule has 0 saturated carbocycles. The lowest BCUT2D eigenvalue weighted by molar-refractivity contribution is -0.528. The highest BCUT2D eigenvalue weighted by Crippen LogP contribution is 2.25. The van der Waals surface area contributed by atoms with Gasteiger partial charge in [0.25, 0.3) is 0 Å². The Labute approximate surface area is 81.5 Å². The van der Waals surface area contributed by atoms with Gasteiger partial charge in [0.05, 0.1) is 6.20 Å². The largest absolute Gasteiger partial charge is 0.831 e. The van der Waals surface area contributed by atoms with Crippen LogP contribution in [0.1, 0.15) is 0 Å². The van der Waals surface area contributed by atoms with Gasteiger partial charge in [0.15, 0.2) is 11.4 Å². The molecule has 1 aliphatic rings. The molecule has 1 aliphatic heterocycles. The fourth-order valence-corrected chi connectivity index (χ4v) is 1.46. The van der Waals surface area contributed by atoms with E-state index in [1.165, 1.54) is 6.33 Å². The number of pyridine rings is 1. The molecule has 0 N–H and O–H groups in total. The molecular weight excluding hydrogens is 177 g/mol. The average molecular weight is 183 g/mol. The lowest BCUT2D eigenvalue weighted by Gasteiger charge is -2.11. The molecule has 0 aromatic carbocycles. The van der Waals surface area contributed by atoms with Gasteiger partial charge in [0, 0.05) is 6.07 Å². The summed E-state index contributed by atoms with van der Waals surface area (Å²) < 4.78 is 7.25. The number of nitrogens with zero attached hydrogens (tertiary/aromatic N) is 3. The Kier molecular flexibility index (Phi) is 1.50. The van der Waals surface area contributed by atoms with Crippen LogP contribution >= 0.6 is 0 Å². The summed E-state index contributed by atoms with van der Waals surface area (Å²) in [4.78, 5) is 8.09. The number of fused-ring (bicyclic) bond motifs is 3. The molecule has 2 aromatic heterocycles. The second-order valence-corrected chi connectivity index (χ2v) is 2.95. The van der Waals surface area contributed by atoms with Crippen molar-refractivity contribution < 1.29 is 9.13 Å². The number of hydrogen-bond donors (Lipinski definition) is 0. The Bertz CT molecular complexity index is 443. The molecule has 0 bridgehead atoms. The first-order valence-electron chi connectivity index (χ1n) is 4.26. The van der Waals surface area contributed by atoms with Crippen LogP contribution in [0, 0.1) is 0 Å². The SMILES string of the molecule is [B]1Oc2cncnc2-c2cccc[n+]21. The zero-order valence-electron chi connectivity index (χ0n) is 7.29. The van der Waals surface area contributed by atoms with Gasteiger partial charge in [0.1, 0.15) is 12.5 Å². The maximum absolute atomic E-state index is 5.36. The third-order valence-corrected chi connectivity index (χ3v) is 2.10. The van der Waals surface area contributed by atoms with Gasteiger partial charge in [-0.2, -0.15) is 0 Å². The summed E-state index contributed by atoms with van der Waals surface area (Å²) in [6.07, 6.45) is 5.10. The lowest BCUT2D eigenvalue weighted by Crippen LogP contribution is -2.47. The minimum atomic E-state index is 0.693. The van der Waals surface area contributed by atoms with Gasteiger partial charge in [-0.3, -0.25) is 0 Å². The Hall–Kier alpha value is -1.91. The van der Waals surface area contributed by atoms with Gasteiger partial charge in [-0.15, -0.1) is 0 Å². The molecular formula is C9H6BN3O+. The first-order chi connectivity index (χ1) is 6.95. The number of hydrogen-bond acceptors (Lipinski definition) is 3. The molecule has 0 atom stereocenters. The number of rotatable bonds is 0. The molecule has 5 heteroatoms. The van der Waals surface area contributed by atoms with Crippen LogP contribution in [0.25, 0.3) is 11.4 Å². The van der Waals surface area contributed by atoms with E-state index < -0.39 is 0 Å². The first-order valence-corrected chi connectivity index (χ1v) is 4.26. The first kappa shape index (κ1) is 7.49. The van der Waals surface area contributed by atoms with E-state index in [1.54, 1.807) is 13.8 Å². The smallest absolute Gasteiger partial charge is 0.495 e. The van der Waals surface area contributed by atoms with E-state index in [9.17, 15) is 0 Å². The van der Waals surface area contributed by atoms with Crippen LogP contribution in [0.3, 0.4) is 0 Å². The molecule has 1 radical (unpaired) electrons. The molecule has 14 heavy (non-hydrogen) atoms. The Morgan fingerprint density at radius 1 is 1.36 bits per heavy atom. The van der Waals surface area contributed by atoms with Gasteiger partial charge in [-0.05, 0) is 12.1 Å². The molecule has 4 nitrogen and oxygen atoms in total. The van der Waals surface area contributed by atoms with Gasteiger partial charge < -0.3 is 4.65 Å². The van der Waals surface area contributed by atoms with E-state index in [0.29, 0.717) is 5.75 Å². The molecule has 2 aromatic rings. The minimum absolute atomic E-state index is 0.693. The summed E-state index contributed by atoms with van der Waals surface area (Å²) in [6.45, 7) is 0. The van der Waals surface area contributed by atoms with Crippen molar-refractivity contribution in [1.82, 2.24) is 9.97 Å². The third-order valence-electron chi connectivity index (χ3n) is 2.10. The van der Waals surface area contributed by atoms with Crippen molar-refractivity contribution in [2.45, 2.75) is 0 Å². The predicted molar refractivity (Wildman–Crippen MR) is 49.4 cm³/mol. The molecule has 0 fully saturated rings. The van der Waals surface area contributed by atoms with Crippen molar-refractivity contribution in [3.8, 4) is 17.1 Å². The van der Waals surface area contributed by atoms with E-state index in [2.05, 4.69) is 9.97 Å². The molecule has 65 valence electrons. The molecule has 0 spiro atoms. The second kappa shape index (κ2) is 2.80. The monoisotopic (exact) mass is 183 g/mol. The predicted octanol–water partition coefficient (Wildman–Crippen LogP) is 0.206. The molecule has 0 unspecified atom stereocenters. The zero-order chi connectivity index (χ0) is 9.38. The third kappa shape index (κ3) is 0.986. The molecule has 0 aliphatic carbocycles. The zero-order valence-corrected chi connectivity index (χ0v) is 7.29. The molecule has 0 amide bonds. The van der Waals surface area contributed by atoms with Crippen LogP contribution in [0.4, 0.5) is 0 Å². The van der Waals surface area contributed by atoms with Crippen LogP contribution in [0.2, 0.25) is 0 Å². The van der Waals surface area contributed by atoms with E-state index >= 15 is 0 Å². The van der Waals surface area contributed by atoms with Crippen LogP contribution in [0.5, 0.6) is 5.75 Å². The maximum Gasteiger partial charge on any atom is 0.831 e. The fourth-order valence-electron chi connectivity index (χ4n) is 1.46. The standard InChI is InChI=1S/C9H6BN3O/c1-2-4-13-7(3-1)9-8(14-10-13)5-11-6-12-9/h1-6H/q+1. The summed E-state index contributed by atoms with van der Waals surface area (Å²) >= 11 is 0. The van der Waals surface area contributed by atoms with Crippen molar-refractivity contribution in [2.75, 3.05) is 0 Å². The molecule has 0 saturated heterocycles. The van der Waals surface area contributed by atoms with Gasteiger partial charge in [-0.25, -0.2) is 14.4 Å². The second-order valence-electron chi connectivity index (χ2n) is 2.95. The van der Waals surface area contributed by atoms with Crippen molar-refractivity contribution >= 4 is 7.62 Å². The Morgan fingerprint density at radius 3 is 3.36 bits per heavy atom. The molecule has 3 rings (SSSR count). The summed E-state index contributed by atoms with van der Waals surface area (Å²) in [5, 5.41) is 0. The van der Waals surface area contributed by atoms with Crippen LogP contribution in [-0.4, -0.2) is 17.6 Å². The van der Waals surface area contributed by atoms with Crippen molar-refractivity contribution in [3.05, 3.63) is 36.9 Å². The van der Waals surface area contributed by atoms with Crippen molar-refractivity contribution in [2.24, 2.45) is 0 Å². The summed E-state index contributed by atoms with van der Waals surface area (Å²) in [5.74, 6) is 0.693. The quantitative estimate of drug-likeness (QED) is 0.547. The average Bonchev–Trinajstić information content (AvgIpc) is 2.29. The summed E-state index contributed by atoms with van der Waals surface area (Å²) in [5.41, 5.74) is 1.83. The lowest BCUT2D eigenvalue weighted by atomic mass is 10.1. The van der Waals surface area contributed by atoms with Crippen LogP contribution < -0.4 is 9.13 Å². The topological polar surface area (TPSA) is 38.9 Å². The minimum Gasteiger partial charge on any atom is -0.495 e. The van der Waals surface area contributed by atoms with Crippen molar-refractivity contribution in [3.63, 3.8) is 0 Å². The fraction of sp³-hybridized carbons (Fsp3) is 0. The normalized spacial score (nSPS) is 12.0. The Balaban J connectivity index is 2.29. The molecule has 3 heterocycles. The van der Waals surface area contributed by atoms with E-state index in [4.69, 9.17) is 4.65 Å². The highest BCUT2D eigenvalue weighted by atomic mass is 16.4. The summed E-state index contributed by atoms with van der Waals surface area (Å²) in [6, 6.07) is 5.90. The van der Waals surface area contributed by atoms with Crippen LogP contribution in [-0.2, 0) is 0 Å². The highest BCUT2D eigenvalue weighted by Gasteiger charge is 2.29. The van der Waals surface area contributed by atoms with Gasteiger partial charge >= 0.3 is 7.62 Å². The Morgan fingerprint density at radius 2 is 2.36 bits per heavy atom.